The molecule has 1 saturated carbocycles. The summed E-state index contributed by atoms with van der Waals surface area (Å²) in [6, 6.07) is 6.03. The van der Waals surface area contributed by atoms with E-state index >= 15 is 0 Å². The van der Waals surface area contributed by atoms with Crippen molar-refractivity contribution in [3.05, 3.63) is 29.8 Å². The number of nitrogens with zero attached hydrogens (tertiary/aromatic N) is 2. The Morgan fingerprint density at radius 2 is 1.52 bits per heavy atom. The third kappa shape index (κ3) is 4.96. The van der Waals surface area contributed by atoms with Gasteiger partial charge in [-0.1, -0.05) is 37.8 Å². The maximum atomic E-state index is 12.7. The van der Waals surface area contributed by atoms with Gasteiger partial charge < -0.3 is 14.5 Å². The van der Waals surface area contributed by atoms with E-state index in [1.807, 2.05) is 4.90 Å². The van der Waals surface area contributed by atoms with Gasteiger partial charge in [-0.05, 0) is 25.0 Å². The molecule has 148 valence electrons. The standard InChI is InChI=1S/C20H26F2N2O3/c21-20(22)27-17-10-6-5-9-16(17)19(26)24-13-11-23(12-14-24)18(25)15-7-3-1-2-4-8-15/h5-6,9-10,15,20H,1-4,7-8,11-14H2. The first-order valence-corrected chi connectivity index (χ1v) is 9.68. The Bertz CT molecular complexity index is 652. The van der Waals surface area contributed by atoms with Gasteiger partial charge in [0.15, 0.2) is 0 Å². The van der Waals surface area contributed by atoms with Gasteiger partial charge in [-0.15, -0.1) is 0 Å². The number of amides is 2. The van der Waals surface area contributed by atoms with Crippen molar-refractivity contribution in [1.29, 1.82) is 0 Å². The Kier molecular flexibility index (Phi) is 6.63. The summed E-state index contributed by atoms with van der Waals surface area (Å²) in [7, 11) is 0. The molecule has 1 aliphatic heterocycles. The highest BCUT2D eigenvalue weighted by atomic mass is 19.3. The Labute approximate surface area is 158 Å². The highest BCUT2D eigenvalue weighted by Gasteiger charge is 2.30. The molecule has 1 aliphatic carbocycles. The Morgan fingerprint density at radius 3 is 2.15 bits per heavy atom. The Morgan fingerprint density at radius 1 is 0.926 bits per heavy atom. The summed E-state index contributed by atoms with van der Waals surface area (Å²) in [5.41, 5.74) is 0.126. The molecule has 1 aromatic rings. The molecular formula is C20H26F2N2O3. The number of piperazine rings is 1. The van der Waals surface area contributed by atoms with Crippen LogP contribution in [0.15, 0.2) is 24.3 Å². The van der Waals surface area contributed by atoms with Gasteiger partial charge in [-0.25, -0.2) is 0 Å². The summed E-state index contributed by atoms with van der Waals surface area (Å²) in [5, 5.41) is 0. The molecule has 1 aromatic carbocycles. The van der Waals surface area contributed by atoms with Crippen LogP contribution in [0.4, 0.5) is 8.78 Å². The molecule has 2 fully saturated rings. The van der Waals surface area contributed by atoms with Crippen molar-refractivity contribution >= 4 is 11.8 Å². The highest BCUT2D eigenvalue weighted by molar-refractivity contribution is 5.97. The zero-order valence-corrected chi connectivity index (χ0v) is 15.4. The minimum Gasteiger partial charge on any atom is -0.434 e. The van der Waals surface area contributed by atoms with Crippen molar-refractivity contribution in [2.75, 3.05) is 26.2 Å². The number of hydrogen-bond acceptors (Lipinski definition) is 3. The van der Waals surface area contributed by atoms with E-state index in [0.29, 0.717) is 26.2 Å². The summed E-state index contributed by atoms with van der Waals surface area (Å²) < 4.78 is 29.6. The van der Waals surface area contributed by atoms with Crippen LogP contribution in [0.5, 0.6) is 5.75 Å². The number of halogens is 2. The van der Waals surface area contributed by atoms with Gasteiger partial charge in [-0.2, -0.15) is 8.78 Å². The SMILES string of the molecule is O=C(c1ccccc1OC(F)F)N1CCN(C(=O)C2CCCCCC2)CC1. The van der Waals surface area contributed by atoms with Gasteiger partial charge in [0.25, 0.3) is 5.91 Å². The fourth-order valence-electron chi connectivity index (χ4n) is 3.93. The molecule has 27 heavy (non-hydrogen) atoms. The van der Waals surface area contributed by atoms with Gasteiger partial charge >= 0.3 is 6.61 Å². The largest absolute Gasteiger partial charge is 0.434 e. The van der Waals surface area contributed by atoms with Crippen LogP contribution < -0.4 is 4.74 Å². The first-order chi connectivity index (χ1) is 13.1. The predicted octanol–water partition coefficient (Wildman–Crippen LogP) is 3.54. The first kappa shape index (κ1) is 19.6. The van der Waals surface area contributed by atoms with E-state index in [-0.39, 0.29) is 29.0 Å². The summed E-state index contributed by atoms with van der Waals surface area (Å²) >= 11 is 0. The monoisotopic (exact) mass is 380 g/mol. The lowest BCUT2D eigenvalue weighted by molar-refractivity contribution is -0.137. The second-order valence-electron chi connectivity index (χ2n) is 7.18. The average Bonchev–Trinajstić information content (AvgIpc) is 2.96. The molecule has 0 aromatic heterocycles. The maximum absolute atomic E-state index is 12.7. The Balaban J connectivity index is 1.59. The molecule has 0 spiro atoms. The molecule has 0 N–H and O–H groups in total. The molecule has 7 heteroatoms. The molecule has 2 amide bonds. The van der Waals surface area contributed by atoms with Crippen LogP contribution in [0.2, 0.25) is 0 Å². The number of carbonyl (C=O) groups excluding carboxylic acids is 2. The number of carbonyl (C=O) groups is 2. The average molecular weight is 380 g/mol. The van der Waals surface area contributed by atoms with Crippen LogP contribution in [0.1, 0.15) is 48.9 Å². The Hall–Kier alpha value is -2.18. The molecule has 3 rings (SSSR count). The van der Waals surface area contributed by atoms with E-state index in [1.54, 1.807) is 17.0 Å². The van der Waals surface area contributed by atoms with Crippen LogP contribution in [0.3, 0.4) is 0 Å². The molecule has 5 nitrogen and oxygen atoms in total. The fraction of sp³-hybridized carbons (Fsp3) is 0.600. The molecule has 0 bridgehead atoms. The van der Waals surface area contributed by atoms with E-state index in [1.165, 1.54) is 25.0 Å². The van der Waals surface area contributed by atoms with Gasteiger partial charge in [0.05, 0.1) is 5.56 Å². The van der Waals surface area contributed by atoms with Crippen molar-refractivity contribution in [1.82, 2.24) is 9.80 Å². The highest BCUT2D eigenvalue weighted by Crippen LogP contribution is 2.26. The van der Waals surface area contributed by atoms with E-state index in [0.717, 1.165) is 25.7 Å². The molecule has 1 saturated heterocycles. The summed E-state index contributed by atoms with van der Waals surface area (Å²) in [4.78, 5) is 28.9. The predicted molar refractivity (Wildman–Crippen MR) is 96.7 cm³/mol. The van der Waals surface area contributed by atoms with E-state index < -0.39 is 6.61 Å². The second-order valence-corrected chi connectivity index (χ2v) is 7.18. The first-order valence-electron chi connectivity index (χ1n) is 9.68. The lowest BCUT2D eigenvalue weighted by Gasteiger charge is -2.36. The van der Waals surface area contributed by atoms with Crippen molar-refractivity contribution in [2.24, 2.45) is 5.92 Å². The lowest BCUT2D eigenvalue weighted by Crippen LogP contribution is -2.52. The van der Waals surface area contributed by atoms with Crippen molar-refractivity contribution in [3.8, 4) is 5.75 Å². The third-order valence-electron chi connectivity index (χ3n) is 5.42. The van der Waals surface area contributed by atoms with Crippen molar-refractivity contribution in [3.63, 3.8) is 0 Å². The summed E-state index contributed by atoms with van der Waals surface area (Å²) in [6.45, 7) is -1.20. The van der Waals surface area contributed by atoms with Crippen LogP contribution in [-0.2, 0) is 4.79 Å². The van der Waals surface area contributed by atoms with Gasteiger partial charge in [-0.3, -0.25) is 9.59 Å². The van der Waals surface area contributed by atoms with Crippen molar-refractivity contribution < 1.29 is 23.1 Å². The van der Waals surface area contributed by atoms with Gasteiger partial charge in [0.1, 0.15) is 5.75 Å². The normalized spacial score (nSPS) is 19.1. The summed E-state index contributed by atoms with van der Waals surface area (Å²) in [6.07, 6.45) is 6.52. The maximum Gasteiger partial charge on any atom is 0.387 e. The number of para-hydroxylation sites is 1. The minimum atomic E-state index is -2.98. The molecule has 0 unspecified atom stereocenters. The molecule has 1 heterocycles. The van der Waals surface area contributed by atoms with Gasteiger partial charge in [0, 0.05) is 32.1 Å². The second kappa shape index (κ2) is 9.15. The van der Waals surface area contributed by atoms with Crippen LogP contribution in [0, 0.1) is 5.92 Å². The number of alkyl halides is 2. The minimum absolute atomic E-state index is 0.106. The number of benzene rings is 1. The fourth-order valence-corrected chi connectivity index (χ4v) is 3.93. The quantitative estimate of drug-likeness (QED) is 0.751. The zero-order valence-electron chi connectivity index (χ0n) is 15.4. The smallest absolute Gasteiger partial charge is 0.387 e. The lowest BCUT2D eigenvalue weighted by atomic mass is 9.98. The zero-order chi connectivity index (χ0) is 19.2. The third-order valence-corrected chi connectivity index (χ3v) is 5.42. The van der Waals surface area contributed by atoms with Crippen LogP contribution in [0.25, 0.3) is 0 Å². The molecule has 0 radical (unpaired) electrons. The van der Waals surface area contributed by atoms with E-state index in [9.17, 15) is 18.4 Å². The summed E-state index contributed by atoms with van der Waals surface area (Å²) in [5.74, 6) is -0.150. The topological polar surface area (TPSA) is 49.9 Å². The van der Waals surface area contributed by atoms with E-state index in [4.69, 9.17) is 0 Å². The van der Waals surface area contributed by atoms with E-state index in [2.05, 4.69) is 4.74 Å². The van der Waals surface area contributed by atoms with Crippen LogP contribution in [-0.4, -0.2) is 54.4 Å². The van der Waals surface area contributed by atoms with Gasteiger partial charge in [0.2, 0.25) is 5.91 Å². The van der Waals surface area contributed by atoms with Crippen LogP contribution >= 0.6 is 0 Å². The van der Waals surface area contributed by atoms with Crippen molar-refractivity contribution in [2.45, 2.75) is 45.1 Å². The number of ether oxygens (including phenoxy) is 1. The molecule has 0 atom stereocenters. The molecular weight excluding hydrogens is 354 g/mol. The number of rotatable bonds is 4. The molecule has 2 aliphatic rings. The number of hydrogen-bond donors (Lipinski definition) is 0.